The van der Waals surface area contributed by atoms with Gasteiger partial charge in [-0.1, -0.05) is 11.6 Å². The first-order valence-corrected chi connectivity index (χ1v) is 6.40. The van der Waals surface area contributed by atoms with E-state index in [4.69, 9.17) is 11.6 Å². The first kappa shape index (κ1) is 13.5. The molecule has 3 nitrogen and oxygen atoms in total. The Kier molecular flexibility index (Phi) is 3.71. The van der Waals surface area contributed by atoms with E-state index in [0.29, 0.717) is 23.8 Å². The van der Waals surface area contributed by atoms with Crippen molar-refractivity contribution < 1.29 is 8.78 Å². The van der Waals surface area contributed by atoms with Gasteiger partial charge in [-0.2, -0.15) is 0 Å². The maximum Gasteiger partial charge on any atom is 0.248 e. The second kappa shape index (κ2) is 4.96. The first-order chi connectivity index (χ1) is 8.37. The van der Waals surface area contributed by atoms with Crippen LogP contribution in [0.3, 0.4) is 0 Å². The summed E-state index contributed by atoms with van der Waals surface area (Å²) in [4.78, 5) is 8.47. The van der Waals surface area contributed by atoms with Crippen LogP contribution >= 0.6 is 11.6 Å². The highest BCUT2D eigenvalue weighted by molar-refractivity contribution is 6.31. The first-order valence-electron chi connectivity index (χ1n) is 6.02. The quantitative estimate of drug-likeness (QED) is 0.893. The number of anilines is 1. The van der Waals surface area contributed by atoms with Crippen molar-refractivity contribution >= 4 is 17.4 Å². The molecule has 1 fully saturated rings. The van der Waals surface area contributed by atoms with Crippen LogP contribution in [0.25, 0.3) is 0 Å². The van der Waals surface area contributed by atoms with Crippen molar-refractivity contribution in [2.75, 3.05) is 5.32 Å². The summed E-state index contributed by atoms with van der Waals surface area (Å²) in [5, 5.41) is 3.42. The van der Waals surface area contributed by atoms with Gasteiger partial charge in [0, 0.05) is 18.9 Å². The predicted octanol–water partition coefficient (Wildman–Crippen LogP) is 3.74. The topological polar surface area (TPSA) is 37.8 Å². The predicted molar refractivity (Wildman–Crippen MR) is 67.3 cm³/mol. The van der Waals surface area contributed by atoms with Crippen molar-refractivity contribution in [1.82, 2.24) is 9.97 Å². The lowest BCUT2D eigenvalue weighted by Crippen LogP contribution is -2.32. The molecule has 1 aliphatic carbocycles. The van der Waals surface area contributed by atoms with Crippen LogP contribution in [0, 0.1) is 13.8 Å². The summed E-state index contributed by atoms with van der Waals surface area (Å²) in [5.74, 6) is -2.02. The monoisotopic (exact) mass is 275 g/mol. The average molecular weight is 276 g/mol. The van der Waals surface area contributed by atoms with Gasteiger partial charge in [-0.25, -0.2) is 18.7 Å². The van der Waals surface area contributed by atoms with Gasteiger partial charge in [0.25, 0.3) is 0 Å². The zero-order chi connectivity index (χ0) is 13.3. The summed E-state index contributed by atoms with van der Waals surface area (Å²) in [6, 6.07) is -0.00136. The number of nitrogens with one attached hydrogen (secondary N) is 1. The Hall–Kier alpha value is -0.970. The van der Waals surface area contributed by atoms with Crippen molar-refractivity contribution in [3.8, 4) is 0 Å². The van der Waals surface area contributed by atoms with Crippen LogP contribution < -0.4 is 5.32 Å². The lowest BCUT2D eigenvalue weighted by molar-refractivity contribution is -0.0361. The minimum atomic E-state index is -2.52. The number of halogens is 3. The van der Waals surface area contributed by atoms with E-state index in [0.717, 1.165) is 11.4 Å². The molecule has 1 aromatic rings. The molecule has 0 spiro atoms. The highest BCUT2D eigenvalue weighted by atomic mass is 35.5. The standard InChI is InChI=1S/C12H16ClF2N3/c1-7-8(2)17-11(10(13)16-7)18-9-3-5-12(14,15)6-4-9/h9H,3-6H2,1-2H3,(H,17,18). The summed E-state index contributed by atoms with van der Waals surface area (Å²) in [6.07, 6.45) is 0.691. The van der Waals surface area contributed by atoms with Crippen molar-refractivity contribution in [3.05, 3.63) is 16.5 Å². The minimum Gasteiger partial charge on any atom is -0.365 e. The Balaban J connectivity index is 2.04. The van der Waals surface area contributed by atoms with Gasteiger partial charge in [-0.15, -0.1) is 0 Å². The molecule has 0 amide bonds. The van der Waals surface area contributed by atoms with E-state index >= 15 is 0 Å². The van der Waals surface area contributed by atoms with Crippen LogP contribution in [0.2, 0.25) is 5.15 Å². The fourth-order valence-electron chi connectivity index (χ4n) is 2.05. The number of nitrogens with zero attached hydrogens (tertiary/aromatic N) is 2. The van der Waals surface area contributed by atoms with Crippen LogP contribution in [0.4, 0.5) is 14.6 Å². The Morgan fingerprint density at radius 1 is 1.17 bits per heavy atom. The molecule has 1 N–H and O–H groups in total. The molecule has 100 valence electrons. The summed E-state index contributed by atoms with van der Waals surface area (Å²) in [6.45, 7) is 3.68. The van der Waals surface area contributed by atoms with Crippen molar-refractivity contribution in [3.63, 3.8) is 0 Å². The molecular weight excluding hydrogens is 260 g/mol. The van der Waals surface area contributed by atoms with Crippen LogP contribution in [0.1, 0.15) is 37.1 Å². The van der Waals surface area contributed by atoms with E-state index in [2.05, 4.69) is 15.3 Å². The molecular formula is C12H16ClF2N3. The number of aromatic nitrogens is 2. The van der Waals surface area contributed by atoms with Crippen LogP contribution in [-0.4, -0.2) is 21.9 Å². The maximum atomic E-state index is 13.0. The van der Waals surface area contributed by atoms with Crippen LogP contribution in [-0.2, 0) is 0 Å². The Morgan fingerprint density at radius 2 is 1.72 bits per heavy atom. The van der Waals surface area contributed by atoms with Gasteiger partial charge in [-0.05, 0) is 26.7 Å². The number of hydrogen-bond donors (Lipinski definition) is 1. The van der Waals surface area contributed by atoms with Gasteiger partial charge in [-0.3, -0.25) is 0 Å². The number of hydrogen-bond acceptors (Lipinski definition) is 3. The fourth-order valence-corrected chi connectivity index (χ4v) is 2.27. The van der Waals surface area contributed by atoms with Crippen LogP contribution in [0.5, 0.6) is 0 Å². The molecule has 1 saturated carbocycles. The lowest BCUT2D eigenvalue weighted by atomic mass is 9.92. The molecule has 1 aliphatic rings. The summed E-state index contributed by atoms with van der Waals surface area (Å²) in [5.41, 5.74) is 1.57. The zero-order valence-electron chi connectivity index (χ0n) is 10.4. The zero-order valence-corrected chi connectivity index (χ0v) is 11.2. The van der Waals surface area contributed by atoms with Crippen molar-refractivity contribution in [1.29, 1.82) is 0 Å². The van der Waals surface area contributed by atoms with E-state index in [1.54, 1.807) is 0 Å². The summed E-state index contributed by atoms with van der Waals surface area (Å²) >= 11 is 5.99. The number of alkyl halides is 2. The molecule has 0 saturated heterocycles. The van der Waals surface area contributed by atoms with Gasteiger partial charge in [0.1, 0.15) is 0 Å². The van der Waals surface area contributed by atoms with E-state index in [1.807, 2.05) is 13.8 Å². The average Bonchev–Trinajstić information content (AvgIpc) is 2.28. The van der Waals surface area contributed by atoms with Gasteiger partial charge in [0.2, 0.25) is 5.92 Å². The fraction of sp³-hybridized carbons (Fsp3) is 0.667. The molecule has 1 aromatic heterocycles. The van der Waals surface area contributed by atoms with E-state index in [9.17, 15) is 8.78 Å². The van der Waals surface area contributed by atoms with Gasteiger partial charge >= 0.3 is 0 Å². The SMILES string of the molecule is Cc1nc(Cl)c(NC2CCC(F)(F)CC2)nc1C. The third-order valence-electron chi connectivity index (χ3n) is 3.32. The highest BCUT2D eigenvalue weighted by Crippen LogP contribution is 2.34. The highest BCUT2D eigenvalue weighted by Gasteiger charge is 2.35. The van der Waals surface area contributed by atoms with Gasteiger partial charge in [0.15, 0.2) is 11.0 Å². The molecule has 0 unspecified atom stereocenters. The second-order valence-electron chi connectivity index (χ2n) is 4.81. The molecule has 0 aromatic carbocycles. The Labute approximate surface area is 110 Å². The van der Waals surface area contributed by atoms with E-state index in [-0.39, 0.29) is 18.9 Å². The largest absolute Gasteiger partial charge is 0.365 e. The normalized spacial score (nSPS) is 19.8. The number of rotatable bonds is 2. The van der Waals surface area contributed by atoms with Gasteiger partial charge < -0.3 is 5.32 Å². The van der Waals surface area contributed by atoms with E-state index < -0.39 is 5.92 Å². The lowest BCUT2D eigenvalue weighted by Gasteiger charge is -2.29. The maximum absolute atomic E-state index is 13.0. The van der Waals surface area contributed by atoms with Crippen LogP contribution in [0.15, 0.2) is 0 Å². The van der Waals surface area contributed by atoms with Gasteiger partial charge in [0.05, 0.1) is 11.4 Å². The van der Waals surface area contributed by atoms with Crippen molar-refractivity contribution in [2.45, 2.75) is 51.5 Å². The molecule has 6 heteroatoms. The molecule has 0 bridgehead atoms. The second-order valence-corrected chi connectivity index (χ2v) is 5.17. The van der Waals surface area contributed by atoms with Crippen molar-refractivity contribution in [2.24, 2.45) is 0 Å². The molecule has 18 heavy (non-hydrogen) atoms. The molecule has 0 atom stereocenters. The molecule has 1 heterocycles. The summed E-state index contributed by atoms with van der Waals surface area (Å²) < 4.78 is 26.1. The third kappa shape index (κ3) is 3.07. The molecule has 2 rings (SSSR count). The summed E-state index contributed by atoms with van der Waals surface area (Å²) in [7, 11) is 0. The minimum absolute atomic E-state index is 0.00136. The van der Waals surface area contributed by atoms with E-state index in [1.165, 1.54) is 0 Å². The third-order valence-corrected chi connectivity index (χ3v) is 3.59. The smallest absolute Gasteiger partial charge is 0.248 e. The number of aryl methyl sites for hydroxylation is 2. The Bertz CT molecular complexity index is 441. The molecule has 0 aliphatic heterocycles. The molecule has 0 radical (unpaired) electrons. The Morgan fingerprint density at radius 3 is 2.33 bits per heavy atom.